The summed E-state index contributed by atoms with van der Waals surface area (Å²) in [6.07, 6.45) is 4.98. The summed E-state index contributed by atoms with van der Waals surface area (Å²) >= 11 is 0. The first kappa shape index (κ1) is 9.20. The molecule has 0 atom stereocenters. The normalized spacial score (nSPS) is 17.6. The first-order valence-electron chi connectivity index (χ1n) is 4.92. The van der Waals surface area contributed by atoms with Gasteiger partial charge in [-0.05, 0) is 17.5 Å². The number of fused-ring (bicyclic) bond motifs is 1. The van der Waals surface area contributed by atoms with Crippen LogP contribution < -0.4 is 0 Å². The summed E-state index contributed by atoms with van der Waals surface area (Å²) in [7, 11) is 0. The lowest BCUT2D eigenvalue weighted by molar-refractivity contribution is 0.527. The zero-order valence-corrected chi connectivity index (χ0v) is 8.75. The van der Waals surface area contributed by atoms with Gasteiger partial charge in [0.2, 0.25) is 0 Å². The van der Waals surface area contributed by atoms with Gasteiger partial charge in [-0.1, -0.05) is 44.7 Å². The van der Waals surface area contributed by atoms with E-state index in [0.29, 0.717) is 0 Å². The van der Waals surface area contributed by atoms with E-state index in [-0.39, 0.29) is 5.41 Å². The van der Waals surface area contributed by atoms with Crippen LogP contribution in [0.15, 0.2) is 29.8 Å². The molecule has 1 aromatic rings. The quantitative estimate of drug-likeness (QED) is 0.633. The summed E-state index contributed by atoms with van der Waals surface area (Å²) in [6.45, 7) is 8.22. The van der Waals surface area contributed by atoms with Crippen molar-refractivity contribution in [2.45, 2.75) is 20.3 Å². The van der Waals surface area contributed by atoms with Crippen molar-refractivity contribution in [2.75, 3.05) is 0 Å². The van der Waals surface area contributed by atoms with Crippen LogP contribution in [-0.4, -0.2) is 6.21 Å². The van der Waals surface area contributed by atoms with Crippen molar-refractivity contribution < 1.29 is 0 Å². The third-order valence-corrected chi connectivity index (χ3v) is 2.56. The standard InChI is InChI=1S/C13H15N/c1-4-10-6-5-7-11-8-13(2,3)9-14-12(10)11/h4-7,9H,1,8H2,2-3H3. The van der Waals surface area contributed by atoms with Crippen LogP contribution in [0.3, 0.4) is 0 Å². The highest BCUT2D eigenvalue weighted by atomic mass is 14.8. The average Bonchev–Trinajstić information content (AvgIpc) is 2.15. The van der Waals surface area contributed by atoms with E-state index in [1.165, 1.54) is 5.56 Å². The summed E-state index contributed by atoms with van der Waals surface area (Å²) in [5.74, 6) is 0. The molecule has 0 saturated carbocycles. The molecule has 1 aliphatic heterocycles. The third kappa shape index (κ3) is 1.50. The van der Waals surface area contributed by atoms with Crippen LogP contribution in [-0.2, 0) is 6.42 Å². The topological polar surface area (TPSA) is 12.4 Å². The molecule has 1 nitrogen and oxygen atoms in total. The van der Waals surface area contributed by atoms with E-state index in [2.05, 4.69) is 43.6 Å². The minimum atomic E-state index is 0.187. The van der Waals surface area contributed by atoms with Crippen LogP contribution in [0.1, 0.15) is 25.0 Å². The van der Waals surface area contributed by atoms with Gasteiger partial charge in [-0.2, -0.15) is 0 Å². The molecule has 1 heteroatoms. The zero-order valence-electron chi connectivity index (χ0n) is 8.75. The predicted molar refractivity (Wildman–Crippen MR) is 62.2 cm³/mol. The molecule has 0 fully saturated rings. The van der Waals surface area contributed by atoms with Gasteiger partial charge >= 0.3 is 0 Å². The second-order valence-corrected chi connectivity index (χ2v) is 4.48. The minimum absolute atomic E-state index is 0.187. The molecule has 0 amide bonds. The molecule has 1 heterocycles. The number of hydrogen-bond donors (Lipinski definition) is 0. The van der Waals surface area contributed by atoms with Gasteiger partial charge in [0.05, 0.1) is 5.69 Å². The Hall–Kier alpha value is -1.37. The molecule has 0 saturated heterocycles. The summed E-state index contributed by atoms with van der Waals surface area (Å²) < 4.78 is 0. The molecular weight excluding hydrogens is 170 g/mol. The Balaban J connectivity index is 2.55. The number of rotatable bonds is 1. The maximum atomic E-state index is 4.52. The lowest BCUT2D eigenvalue weighted by Gasteiger charge is -2.25. The molecule has 14 heavy (non-hydrogen) atoms. The molecule has 1 aliphatic rings. The maximum absolute atomic E-state index is 4.52. The predicted octanol–water partition coefficient (Wildman–Crippen LogP) is 3.61. The number of benzene rings is 1. The second-order valence-electron chi connectivity index (χ2n) is 4.48. The van der Waals surface area contributed by atoms with E-state index in [0.717, 1.165) is 17.7 Å². The molecule has 0 aliphatic carbocycles. The lowest BCUT2D eigenvalue weighted by Crippen LogP contribution is -2.19. The van der Waals surface area contributed by atoms with Crippen LogP contribution >= 0.6 is 0 Å². The van der Waals surface area contributed by atoms with E-state index in [1.807, 2.05) is 12.3 Å². The van der Waals surface area contributed by atoms with Gasteiger partial charge in [-0.25, -0.2) is 0 Å². The minimum Gasteiger partial charge on any atom is -0.260 e. The van der Waals surface area contributed by atoms with Gasteiger partial charge in [0.1, 0.15) is 0 Å². The third-order valence-electron chi connectivity index (χ3n) is 2.56. The summed E-state index contributed by atoms with van der Waals surface area (Å²) in [5, 5.41) is 0. The highest BCUT2D eigenvalue weighted by Gasteiger charge is 2.22. The van der Waals surface area contributed by atoms with Gasteiger partial charge in [-0.15, -0.1) is 0 Å². The van der Waals surface area contributed by atoms with Gasteiger partial charge in [-0.3, -0.25) is 4.99 Å². The molecule has 0 bridgehead atoms. The monoisotopic (exact) mass is 185 g/mol. The van der Waals surface area contributed by atoms with Crippen LogP contribution in [0.5, 0.6) is 0 Å². The molecule has 2 rings (SSSR count). The first-order chi connectivity index (χ1) is 6.62. The van der Waals surface area contributed by atoms with Gasteiger partial charge in [0.25, 0.3) is 0 Å². The fourth-order valence-corrected chi connectivity index (χ4v) is 1.85. The van der Waals surface area contributed by atoms with E-state index >= 15 is 0 Å². The van der Waals surface area contributed by atoms with Crippen molar-refractivity contribution in [1.82, 2.24) is 0 Å². The van der Waals surface area contributed by atoms with E-state index in [1.54, 1.807) is 0 Å². The fourth-order valence-electron chi connectivity index (χ4n) is 1.85. The Morgan fingerprint density at radius 2 is 2.21 bits per heavy atom. The molecule has 0 radical (unpaired) electrons. The molecule has 1 aromatic carbocycles. The molecule has 0 aromatic heterocycles. The van der Waals surface area contributed by atoms with Crippen molar-refractivity contribution in [1.29, 1.82) is 0 Å². The Kier molecular flexibility index (Phi) is 2.03. The van der Waals surface area contributed by atoms with Gasteiger partial charge in [0, 0.05) is 11.6 Å². The lowest BCUT2D eigenvalue weighted by atomic mass is 9.83. The van der Waals surface area contributed by atoms with Crippen LogP contribution in [0.4, 0.5) is 5.69 Å². The van der Waals surface area contributed by atoms with Gasteiger partial charge < -0.3 is 0 Å². The second kappa shape index (κ2) is 3.09. The number of aliphatic imine (C=N–C) groups is 1. The molecule has 0 unspecified atom stereocenters. The zero-order chi connectivity index (χ0) is 10.2. The Bertz CT molecular complexity index is 400. The maximum Gasteiger partial charge on any atom is 0.0730 e. The summed E-state index contributed by atoms with van der Waals surface area (Å²) in [6, 6.07) is 6.29. The van der Waals surface area contributed by atoms with Crippen LogP contribution in [0.2, 0.25) is 0 Å². The summed E-state index contributed by atoms with van der Waals surface area (Å²) in [5.41, 5.74) is 3.75. The van der Waals surface area contributed by atoms with E-state index in [9.17, 15) is 0 Å². The largest absolute Gasteiger partial charge is 0.260 e. The van der Waals surface area contributed by atoms with E-state index < -0.39 is 0 Å². The van der Waals surface area contributed by atoms with Gasteiger partial charge in [0.15, 0.2) is 0 Å². The molecular formula is C13H15N. The Labute approximate surface area is 85.2 Å². The van der Waals surface area contributed by atoms with E-state index in [4.69, 9.17) is 0 Å². The van der Waals surface area contributed by atoms with Crippen molar-refractivity contribution >= 4 is 18.0 Å². The number of nitrogens with zero attached hydrogens (tertiary/aromatic N) is 1. The van der Waals surface area contributed by atoms with Crippen molar-refractivity contribution in [3.8, 4) is 0 Å². The molecule has 0 spiro atoms. The number of hydrogen-bond acceptors (Lipinski definition) is 1. The smallest absolute Gasteiger partial charge is 0.0730 e. The van der Waals surface area contributed by atoms with Crippen molar-refractivity contribution in [3.05, 3.63) is 35.9 Å². The van der Waals surface area contributed by atoms with Crippen molar-refractivity contribution in [3.63, 3.8) is 0 Å². The van der Waals surface area contributed by atoms with Crippen LogP contribution in [0.25, 0.3) is 6.08 Å². The number of para-hydroxylation sites is 1. The highest BCUT2D eigenvalue weighted by Crippen LogP contribution is 2.34. The van der Waals surface area contributed by atoms with Crippen molar-refractivity contribution in [2.24, 2.45) is 10.4 Å². The SMILES string of the molecule is C=Cc1cccc2c1N=CC(C)(C)C2. The Morgan fingerprint density at radius 1 is 1.43 bits per heavy atom. The fraction of sp³-hybridized carbons (Fsp3) is 0.308. The van der Waals surface area contributed by atoms with Crippen LogP contribution in [0, 0.1) is 5.41 Å². The first-order valence-corrected chi connectivity index (χ1v) is 4.92. The molecule has 0 N–H and O–H groups in total. The highest BCUT2D eigenvalue weighted by molar-refractivity contribution is 5.78. The Morgan fingerprint density at radius 3 is 2.93 bits per heavy atom. The average molecular weight is 185 g/mol. The molecule has 72 valence electrons. The summed E-state index contributed by atoms with van der Waals surface area (Å²) in [4.78, 5) is 4.52.